The zero-order valence-corrected chi connectivity index (χ0v) is 19.3. The quantitative estimate of drug-likeness (QED) is 0.370. The SMILES string of the molecule is N[C@H]1CCN(Cc2ccn3ncnc(Nc4ccc(OCc5ccccn5)c(Cl)c4)c23)C[C@@H]1O. The Morgan fingerprint density at radius 2 is 2.12 bits per heavy atom. The summed E-state index contributed by atoms with van der Waals surface area (Å²) in [6, 6.07) is 13.1. The number of nitrogens with two attached hydrogens (primary N) is 1. The summed E-state index contributed by atoms with van der Waals surface area (Å²) in [6.45, 7) is 2.39. The lowest BCUT2D eigenvalue weighted by atomic mass is 10.0. The van der Waals surface area contributed by atoms with Crippen molar-refractivity contribution in [2.24, 2.45) is 5.73 Å². The van der Waals surface area contributed by atoms with Crippen molar-refractivity contribution in [1.82, 2.24) is 24.5 Å². The summed E-state index contributed by atoms with van der Waals surface area (Å²) < 4.78 is 7.61. The summed E-state index contributed by atoms with van der Waals surface area (Å²) in [6.07, 6.45) is 5.40. The molecule has 34 heavy (non-hydrogen) atoms. The van der Waals surface area contributed by atoms with Crippen LogP contribution in [0.15, 0.2) is 61.2 Å². The molecule has 1 aliphatic rings. The van der Waals surface area contributed by atoms with Crippen LogP contribution in [0, 0.1) is 0 Å². The van der Waals surface area contributed by atoms with Crippen LogP contribution >= 0.6 is 11.6 Å². The Labute approximate surface area is 202 Å². The molecule has 1 aliphatic heterocycles. The van der Waals surface area contributed by atoms with Crippen LogP contribution in [0.1, 0.15) is 17.7 Å². The summed E-state index contributed by atoms with van der Waals surface area (Å²) in [5.41, 5.74) is 9.49. The lowest BCUT2D eigenvalue weighted by Crippen LogP contribution is -2.50. The van der Waals surface area contributed by atoms with E-state index in [1.807, 2.05) is 42.6 Å². The fourth-order valence-corrected chi connectivity index (χ4v) is 4.34. The Kier molecular flexibility index (Phi) is 6.59. The number of aromatic nitrogens is 4. The summed E-state index contributed by atoms with van der Waals surface area (Å²) in [7, 11) is 0. The highest BCUT2D eigenvalue weighted by molar-refractivity contribution is 6.32. The molecule has 2 atom stereocenters. The van der Waals surface area contributed by atoms with E-state index in [0.29, 0.717) is 36.3 Å². The van der Waals surface area contributed by atoms with E-state index in [9.17, 15) is 5.11 Å². The van der Waals surface area contributed by atoms with Crippen molar-refractivity contribution in [3.8, 4) is 5.75 Å². The molecule has 1 saturated heterocycles. The van der Waals surface area contributed by atoms with Crippen LogP contribution in [0.2, 0.25) is 5.02 Å². The van der Waals surface area contributed by atoms with E-state index in [2.05, 4.69) is 25.3 Å². The molecule has 0 spiro atoms. The van der Waals surface area contributed by atoms with Gasteiger partial charge in [0.2, 0.25) is 0 Å². The van der Waals surface area contributed by atoms with Gasteiger partial charge in [-0.25, -0.2) is 9.50 Å². The molecule has 0 unspecified atom stereocenters. The zero-order chi connectivity index (χ0) is 23.5. The van der Waals surface area contributed by atoms with Gasteiger partial charge in [-0.15, -0.1) is 0 Å². The van der Waals surface area contributed by atoms with Gasteiger partial charge in [-0.2, -0.15) is 5.10 Å². The van der Waals surface area contributed by atoms with Gasteiger partial charge in [-0.3, -0.25) is 9.88 Å². The Bertz CT molecular complexity index is 1270. The average Bonchev–Trinajstić information content (AvgIpc) is 3.25. The second-order valence-electron chi connectivity index (χ2n) is 8.38. The van der Waals surface area contributed by atoms with Crippen molar-refractivity contribution in [1.29, 1.82) is 0 Å². The third-order valence-corrected chi connectivity index (χ3v) is 6.24. The molecule has 4 heterocycles. The number of nitrogens with one attached hydrogen (secondary N) is 1. The lowest BCUT2D eigenvalue weighted by molar-refractivity contribution is 0.0501. The number of rotatable bonds is 7. The first-order valence-electron chi connectivity index (χ1n) is 11.1. The largest absolute Gasteiger partial charge is 0.486 e. The standard InChI is InChI=1S/C24H26ClN7O2/c25-19-11-17(4-5-22(19)34-14-18-3-1-2-8-27-18)30-24-23-16(6-10-32(23)29-15-28-24)12-31-9-7-20(26)21(33)13-31/h1-6,8,10-11,15,20-21,33H,7,9,12-14,26H2,(H,28,29,30)/t20-,21-/m0/s1. The summed E-state index contributed by atoms with van der Waals surface area (Å²) in [4.78, 5) is 10.9. The Morgan fingerprint density at radius 1 is 1.21 bits per heavy atom. The normalized spacial score (nSPS) is 18.8. The third kappa shape index (κ3) is 4.97. The maximum absolute atomic E-state index is 10.2. The van der Waals surface area contributed by atoms with E-state index < -0.39 is 6.10 Å². The summed E-state index contributed by atoms with van der Waals surface area (Å²) >= 11 is 6.48. The van der Waals surface area contributed by atoms with E-state index >= 15 is 0 Å². The minimum Gasteiger partial charge on any atom is -0.486 e. The predicted molar refractivity (Wildman–Crippen MR) is 130 cm³/mol. The lowest BCUT2D eigenvalue weighted by Gasteiger charge is -2.33. The number of pyridine rings is 1. The molecule has 5 rings (SSSR count). The van der Waals surface area contributed by atoms with E-state index in [0.717, 1.165) is 35.4 Å². The van der Waals surface area contributed by atoms with Gasteiger partial charge in [0.1, 0.15) is 24.2 Å². The van der Waals surface area contributed by atoms with Crippen molar-refractivity contribution < 1.29 is 9.84 Å². The highest BCUT2D eigenvalue weighted by Gasteiger charge is 2.25. The second kappa shape index (κ2) is 9.94. The Balaban J connectivity index is 1.32. The van der Waals surface area contributed by atoms with Gasteiger partial charge < -0.3 is 20.9 Å². The minimum absolute atomic E-state index is 0.164. The van der Waals surface area contributed by atoms with Crippen molar-refractivity contribution in [3.05, 3.63) is 77.5 Å². The highest BCUT2D eigenvalue weighted by atomic mass is 35.5. The number of hydrogen-bond acceptors (Lipinski definition) is 8. The predicted octanol–water partition coefficient (Wildman–Crippen LogP) is 2.99. The molecule has 1 aromatic carbocycles. The van der Waals surface area contributed by atoms with E-state index in [1.165, 1.54) is 6.33 Å². The van der Waals surface area contributed by atoms with Crippen LogP contribution in [0.5, 0.6) is 5.75 Å². The first-order valence-corrected chi connectivity index (χ1v) is 11.5. The first-order chi connectivity index (χ1) is 16.6. The Morgan fingerprint density at radius 3 is 2.91 bits per heavy atom. The summed E-state index contributed by atoms with van der Waals surface area (Å²) in [5.74, 6) is 1.25. The number of β-amino-alcohol motifs (C(OH)–C–C–N with tert-alkyl or cyclic N) is 1. The van der Waals surface area contributed by atoms with Gasteiger partial charge in [0, 0.05) is 43.8 Å². The summed E-state index contributed by atoms with van der Waals surface area (Å²) in [5, 5.41) is 18.3. The number of nitrogens with zero attached hydrogens (tertiary/aromatic N) is 5. The molecule has 4 N–H and O–H groups in total. The van der Waals surface area contributed by atoms with Gasteiger partial charge in [0.15, 0.2) is 5.82 Å². The number of halogens is 1. The molecule has 10 heteroatoms. The monoisotopic (exact) mass is 479 g/mol. The molecular weight excluding hydrogens is 454 g/mol. The van der Waals surface area contributed by atoms with E-state index in [1.54, 1.807) is 16.8 Å². The minimum atomic E-state index is -0.517. The molecule has 0 radical (unpaired) electrons. The molecule has 0 amide bonds. The van der Waals surface area contributed by atoms with Gasteiger partial charge in [-0.05, 0) is 48.4 Å². The number of piperidine rings is 1. The number of hydrogen-bond donors (Lipinski definition) is 3. The van der Waals surface area contributed by atoms with Crippen LogP contribution in [0.4, 0.5) is 11.5 Å². The third-order valence-electron chi connectivity index (χ3n) is 5.95. The molecule has 4 aromatic rings. The van der Waals surface area contributed by atoms with E-state index in [4.69, 9.17) is 22.1 Å². The van der Waals surface area contributed by atoms with Crippen molar-refractivity contribution in [2.75, 3.05) is 18.4 Å². The van der Waals surface area contributed by atoms with Crippen LogP contribution in [-0.2, 0) is 13.2 Å². The number of aliphatic hydroxyl groups excluding tert-OH is 1. The molecule has 176 valence electrons. The average molecular weight is 480 g/mol. The van der Waals surface area contributed by atoms with E-state index in [-0.39, 0.29) is 6.04 Å². The van der Waals surface area contributed by atoms with Crippen LogP contribution in [-0.4, -0.2) is 54.8 Å². The van der Waals surface area contributed by atoms with Crippen molar-refractivity contribution in [3.63, 3.8) is 0 Å². The highest BCUT2D eigenvalue weighted by Crippen LogP contribution is 2.31. The molecule has 3 aromatic heterocycles. The van der Waals surface area contributed by atoms with Crippen LogP contribution in [0.25, 0.3) is 5.52 Å². The molecule has 0 aliphatic carbocycles. The van der Waals surface area contributed by atoms with Gasteiger partial charge in [0.25, 0.3) is 0 Å². The number of anilines is 2. The maximum atomic E-state index is 10.2. The molecule has 1 fully saturated rings. The topological polar surface area (TPSA) is 114 Å². The molecule has 0 bridgehead atoms. The fourth-order valence-electron chi connectivity index (χ4n) is 4.10. The van der Waals surface area contributed by atoms with Gasteiger partial charge in [0.05, 0.1) is 16.8 Å². The smallest absolute Gasteiger partial charge is 0.158 e. The zero-order valence-electron chi connectivity index (χ0n) is 18.5. The van der Waals surface area contributed by atoms with Crippen LogP contribution in [0.3, 0.4) is 0 Å². The Hall–Kier alpha value is -3.24. The number of fused-ring (bicyclic) bond motifs is 1. The first kappa shape index (κ1) is 22.5. The second-order valence-corrected chi connectivity index (χ2v) is 8.78. The van der Waals surface area contributed by atoms with Crippen molar-refractivity contribution in [2.45, 2.75) is 31.7 Å². The van der Waals surface area contributed by atoms with Crippen molar-refractivity contribution >= 4 is 28.6 Å². The molecule has 0 saturated carbocycles. The fraction of sp³-hybridized carbons (Fsp3) is 0.292. The number of benzene rings is 1. The molecular formula is C24H26ClN7O2. The maximum Gasteiger partial charge on any atom is 0.158 e. The van der Waals surface area contributed by atoms with Crippen LogP contribution < -0.4 is 15.8 Å². The van der Waals surface area contributed by atoms with Gasteiger partial charge in [-0.1, -0.05) is 17.7 Å². The number of likely N-dealkylation sites (tertiary alicyclic amines) is 1. The van der Waals surface area contributed by atoms with Gasteiger partial charge >= 0.3 is 0 Å². The molecule has 9 nitrogen and oxygen atoms in total. The number of aliphatic hydroxyl groups is 1. The number of ether oxygens (including phenoxy) is 1.